The van der Waals surface area contributed by atoms with Gasteiger partial charge in [-0.3, -0.25) is 14.5 Å². The van der Waals surface area contributed by atoms with Crippen LogP contribution in [0.15, 0.2) is 6.20 Å². The molecule has 76 valence electrons. The van der Waals surface area contributed by atoms with E-state index in [1.165, 1.54) is 29.4 Å². The minimum absolute atomic E-state index is 0.0522. The first kappa shape index (κ1) is 10.6. The van der Waals surface area contributed by atoms with Gasteiger partial charge in [0.25, 0.3) is 0 Å². The van der Waals surface area contributed by atoms with Crippen molar-refractivity contribution in [2.75, 3.05) is 11.9 Å². The topological polar surface area (TPSA) is 70.5 Å². The highest BCUT2D eigenvalue weighted by molar-refractivity contribution is 7.15. The number of carbonyl (C=O) groups excluding carboxylic acids is 1. The molecular weight excluding hydrogens is 204 g/mol. The Kier molecular flexibility index (Phi) is 3.19. The lowest BCUT2D eigenvalue weighted by atomic mass is 10.4. The second-order valence-electron chi connectivity index (χ2n) is 2.76. The van der Waals surface area contributed by atoms with Crippen molar-refractivity contribution >= 4 is 28.3 Å². The zero-order valence-electron chi connectivity index (χ0n) is 7.85. The van der Waals surface area contributed by atoms with E-state index in [-0.39, 0.29) is 12.3 Å². The zero-order valence-corrected chi connectivity index (χ0v) is 8.67. The number of aliphatic carboxylic acids is 1. The normalized spacial score (nSPS) is 9.86. The predicted octanol–water partition coefficient (Wildman–Crippen LogP) is 0.753. The summed E-state index contributed by atoms with van der Waals surface area (Å²) >= 11 is 1.21. The van der Waals surface area contributed by atoms with E-state index in [1.807, 2.05) is 0 Å². The molecule has 1 heterocycles. The van der Waals surface area contributed by atoms with E-state index in [4.69, 9.17) is 5.11 Å². The van der Waals surface area contributed by atoms with E-state index in [0.29, 0.717) is 10.0 Å². The molecule has 0 aliphatic carbocycles. The summed E-state index contributed by atoms with van der Waals surface area (Å²) in [4.78, 5) is 27.3. The molecule has 0 spiro atoms. The summed E-state index contributed by atoms with van der Waals surface area (Å²) < 4.78 is 0. The van der Waals surface area contributed by atoms with Crippen molar-refractivity contribution in [3.63, 3.8) is 0 Å². The molecule has 1 rings (SSSR count). The maximum atomic E-state index is 11.0. The van der Waals surface area contributed by atoms with Crippen molar-refractivity contribution in [2.45, 2.75) is 13.3 Å². The molecule has 0 saturated carbocycles. The van der Waals surface area contributed by atoms with E-state index < -0.39 is 5.97 Å². The summed E-state index contributed by atoms with van der Waals surface area (Å²) in [5.74, 6) is -1.02. The Bertz CT molecular complexity index is 361. The summed E-state index contributed by atoms with van der Waals surface area (Å²) in [7, 11) is 1.60. The molecule has 1 N–H and O–H groups in total. The number of amides is 1. The van der Waals surface area contributed by atoms with Crippen LogP contribution in [0.3, 0.4) is 0 Å². The number of hydrogen-bond donors (Lipinski definition) is 1. The van der Waals surface area contributed by atoms with Gasteiger partial charge in [-0.2, -0.15) is 0 Å². The summed E-state index contributed by atoms with van der Waals surface area (Å²) in [6.45, 7) is 1.43. The van der Waals surface area contributed by atoms with Crippen LogP contribution in [0.25, 0.3) is 0 Å². The fourth-order valence-electron chi connectivity index (χ4n) is 0.818. The first-order valence-corrected chi connectivity index (χ1v) is 4.73. The fourth-order valence-corrected chi connectivity index (χ4v) is 1.72. The molecule has 14 heavy (non-hydrogen) atoms. The van der Waals surface area contributed by atoms with Gasteiger partial charge >= 0.3 is 5.97 Å². The lowest BCUT2D eigenvalue weighted by Gasteiger charge is -2.09. The molecule has 1 aromatic heterocycles. The van der Waals surface area contributed by atoms with Crippen LogP contribution in [0, 0.1) is 0 Å². The smallest absolute Gasteiger partial charge is 0.308 e. The minimum Gasteiger partial charge on any atom is -0.481 e. The Morgan fingerprint density at radius 1 is 1.64 bits per heavy atom. The highest BCUT2D eigenvalue weighted by Gasteiger charge is 2.11. The number of carbonyl (C=O) groups is 2. The number of hydrogen-bond acceptors (Lipinski definition) is 4. The lowest BCUT2D eigenvalue weighted by Crippen LogP contribution is -2.22. The summed E-state index contributed by atoms with van der Waals surface area (Å²) in [5.41, 5.74) is 0. The molecule has 1 aromatic rings. The third-order valence-corrected chi connectivity index (χ3v) is 2.70. The van der Waals surface area contributed by atoms with Crippen molar-refractivity contribution in [1.29, 1.82) is 0 Å². The monoisotopic (exact) mass is 214 g/mol. The van der Waals surface area contributed by atoms with Gasteiger partial charge in [-0.15, -0.1) is 11.3 Å². The number of aromatic nitrogens is 1. The average Bonchev–Trinajstić information content (AvgIpc) is 2.50. The molecule has 0 fully saturated rings. The summed E-state index contributed by atoms with van der Waals surface area (Å²) in [6.07, 6.45) is 1.43. The van der Waals surface area contributed by atoms with Gasteiger partial charge in [-0.1, -0.05) is 0 Å². The van der Waals surface area contributed by atoms with E-state index in [1.54, 1.807) is 7.05 Å². The molecular formula is C8H10N2O3S. The van der Waals surface area contributed by atoms with Crippen molar-refractivity contribution < 1.29 is 14.7 Å². The summed E-state index contributed by atoms with van der Waals surface area (Å²) in [5, 5.41) is 9.04. The molecule has 0 atom stereocenters. The molecule has 6 heteroatoms. The standard InChI is InChI=1S/C8H10N2O3S/c1-5(11)10(2)8-9-4-6(14-8)3-7(12)13/h4H,3H2,1-2H3,(H,12,13). The number of carboxylic acid groups (broad SMARTS) is 1. The van der Waals surface area contributed by atoms with Gasteiger partial charge in [0.15, 0.2) is 5.13 Å². The lowest BCUT2D eigenvalue weighted by molar-refractivity contribution is -0.136. The van der Waals surface area contributed by atoms with Crippen LogP contribution in [0.1, 0.15) is 11.8 Å². The van der Waals surface area contributed by atoms with Crippen LogP contribution in [0.4, 0.5) is 5.13 Å². The zero-order chi connectivity index (χ0) is 10.7. The quantitative estimate of drug-likeness (QED) is 0.806. The van der Waals surface area contributed by atoms with Crippen LogP contribution >= 0.6 is 11.3 Å². The van der Waals surface area contributed by atoms with Crippen LogP contribution in [-0.2, 0) is 16.0 Å². The second-order valence-corrected chi connectivity index (χ2v) is 3.85. The van der Waals surface area contributed by atoms with Gasteiger partial charge in [0.1, 0.15) is 0 Å². The number of rotatable bonds is 3. The Hall–Kier alpha value is -1.43. The highest BCUT2D eigenvalue weighted by Crippen LogP contribution is 2.21. The second kappa shape index (κ2) is 4.19. The van der Waals surface area contributed by atoms with Crippen molar-refractivity contribution in [2.24, 2.45) is 0 Å². The van der Waals surface area contributed by atoms with Gasteiger partial charge < -0.3 is 5.11 Å². The molecule has 0 aliphatic rings. The van der Waals surface area contributed by atoms with E-state index in [2.05, 4.69) is 4.98 Å². The van der Waals surface area contributed by atoms with Gasteiger partial charge in [-0.05, 0) is 0 Å². The summed E-state index contributed by atoms with van der Waals surface area (Å²) in [6, 6.07) is 0. The number of carboxylic acids is 1. The number of thiazole rings is 1. The molecule has 0 bridgehead atoms. The van der Waals surface area contributed by atoms with Gasteiger partial charge in [0, 0.05) is 25.0 Å². The van der Waals surface area contributed by atoms with Crippen molar-refractivity contribution in [3.8, 4) is 0 Å². The SMILES string of the molecule is CC(=O)N(C)c1ncc(CC(=O)O)s1. The fraction of sp³-hybridized carbons (Fsp3) is 0.375. The largest absolute Gasteiger partial charge is 0.481 e. The Morgan fingerprint density at radius 2 is 2.29 bits per heavy atom. The average molecular weight is 214 g/mol. The van der Waals surface area contributed by atoms with Gasteiger partial charge in [-0.25, -0.2) is 4.98 Å². The predicted molar refractivity (Wildman–Crippen MR) is 52.5 cm³/mol. The Morgan fingerprint density at radius 3 is 2.79 bits per heavy atom. The van der Waals surface area contributed by atoms with Gasteiger partial charge in [0.2, 0.25) is 5.91 Å². The Balaban J connectivity index is 2.77. The molecule has 1 amide bonds. The van der Waals surface area contributed by atoms with Crippen molar-refractivity contribution in [3.05, 3.63) is 11.1 Å². The molecule has 0 aliphatic heterocycles. The molecule has 0 unspecified atom stereocenters. The third kappa shape index (κ3) is 2.53. The maximum Gasteiger partial charge on any atom is 0.308 e. The van der Waals surface area contributed by atoms with Crippen LogP contribution in [-0.4, -0.2) is 29.0 Å². The van der Waals surface area contributed by atoms with E-state index in [0.717, 1.165) is 0 Å². The van der Waals surface area contributed by atoms with Crippen LogP contribution < -0.4 is 4.90 Å². The van der Waals surface area contributed by atoms with Gasteiger partial charge in [0.05, 0.1) is 6.42 Å². The molecule has 0 radical (unpaired) electrons. The highest BCUT2D eigenvalue weighted by atomic mass is 32.1. The number of anilines is 1. The third-order valence-electron chi connectivity index (χ3n) is 1.63. The van der Waals surface area contributed by atoms with Crippen LogP contribution in [0.2, 0.25) is 0 Å². The Labute approximate surface area is 85.0 Å². The van der Waals surface area contributed by atoms with Crippen LogP contribution in [0.5, 0.6) is 0 Å². The molecule has 0 aromatic carbocycles. The molecule has 0 saturated heterocycles. The molecule has 5 nitrogen and oxygen atoms in total. The minimum atomic E-state index is -0.898. The first-order chi connectivity index (χ1) is 6.50. The first-order valence-electron chi connectivity index (χ1n) is 3.91. The van der Waals surface area contributed by atoms with Crippen molar-refractivity contribution in [1.82, 2.24) is 4.98 Å². The van der Waals surface area contributed by atoms with E-state index in [9.17, 15) is 9.59 Å². The maximum absolute atomic E-state index is 11.0. The van der Waals surface area contributed by atoms with E-state index >= 15 is 0 Å². The number of nitrogens with zero attached hydrogens (tertiary/aromatic N) is 2.